The Labute approximate surface area is 88.7 Å². The van der Waals surface area contributed by atoms with Crippen molar-refractivity contribution in [2.24, 2.45) is 0 Å². The largest absolute Gasteiger partial charge is 0.493 e. The molecular formula is C8H7BrClFO2. The van der Waals surface area contributed by atoms with Gasteiger partial charge in [0.1, 0.15) is 5.82 Å². The van der Waals surface area contributed by atoms with Gasteiger partial charge in [0.05, 0.1) is 23.7 Å². The van der Waals surface area contributed by atoms with Crippen molar-refractivity contribution in [3.8, 4) is 11.5 Å². The summed E-state index contributed by atoms with van der Waals surface area (Å²) < 4.78 is 23.3. The van der Waals surface area contributed by atoms with E-state index < -0.39 is 5.82 Å². The van der Waals surface area contributed by atoms with Gasteiger partial charge in [0.25, 0.3) is 0 Å². The van der Waals surface area contributed by atoms with Gasteiger partial charge in [-0.3, -0.25) is 0 Å². The van der Waals surface area contributed by atoms with E-state index in [0.29, 0.717) is 16.0 Å². The lowest BCUT2D eigenvalue weighted by Gasteiger charge is -2.10. The summed E-state index contributed by atoms with van der Waals surface area (Å²) in [7, 11) is 2.88. The van der Waals surface area contributed by atoms with E-state index in [4.69, 9.17) is 21.1 Å². The molecule has 0 aliphatic rings. The highest BCUT2D eigenvalue weighted by Crippen LogP contribution is 2.41. The Bertz CT molecular complexity index is 330. The van der Waals surface area contributed by atoms with Gasteiger partial charge in [0, 0.05) is 6.07 Å². The van der Waals surface area contributed by atoms with Gasteiger partial charge >= 0.3 is 0 Å². The quantitative estimate of drug-likeness (QED) is 0.767. The first-order valence-electron chi connectivity index (χ1n) is 3.37. The molecule has 1 aromatic carbocycles. The summed E-state index contributed by atoms with van der Waals surface area (Å²) in [6.45, 7) is 0. The molecule has 0 unspecified atom stereocenters. The first-order valence-corrected chi connectivity index (χ1v) is 4.54. The van der Waals surface area contributed by atoms with E-state index in [1.54, 1.807) is 0 Å². The van der Waals surface area contributed by atoms with Crippen LogP contribution in [0.4, 0.5) is 4.39 Å². The monoisotopic (exact) mass is 268 g/mol. The lowest BCUT2D eigenvalue weighted by molar-refractivity contribution is 0.350. The van der Waals surface area contributed by atoms with E-state index in [2.05, 4.69) is 15.9 Å². The maximum absolute atomic E-state index is 13.0. The third-order valence-electron chi connectivity index (χ3n) is 1.51. The van der Waals surface area contributed by atoms with Crippen LogP contribution in [0.2, 0.25) is 5.02 Å². The Hall–Kier alpha value is -0.480. The van der Waals surface area contributed by atoms with Crippen LogP contribution in [0.1, 0.15) is 0 Å². The second-order valence-electron chi connectivity index (χ2n) is 2.22. The van der Waals surface area contributed by atoms with Crippen LogP contribution in [0.3, 0.4) is 0 Å². The molecule has 13 heavy (non-hydrogen) atoms. The van der Waals surface area contributed by atoms with E-state index in [1.807, 2.05) is 0 Å². The van der Waals surface area contributed by atoms with Gasteiger partial charge < -0.3 is 9.47 Å². The number of benzene rings is 1. The second-order valence-corrected chi connectivity index (χ2v) is 3.39. The number of hydrogen-bond acceptors (Lipinski definition) is 2. The van der Waals surface area contributed by atoms with Crippen molar-refractivity contribution in [3.63, 3.8) is 0 Å². The maximum atomic E-state index is 13.0. The third-order valence-corrected chi connectivity index (χ3v) is 2.86. The predicted molar refractivity (Wildman–Crippen MR) is 52.2 cm³/mol. The number of ether oxygens (including phenoxy) is 2. The highest BCUT2D eigenvalue weighted by atomic mass is 79.9. The van der Waals surface area contributed by atoms with Crippen molar-refractivity contribution in [1.29, 1.82) is 0 Å². The molecule has 0 atom stereocenters. The van der Waals surface area contributed by atoms with Crippen LogP contribution in [0.15, 0.2) is 10.5 Å². The molecule has 0 amide bonds. The summed E-state index contributed by atoms with van der Waals surface area (Å²) in [6, 6.07) is 1.17. The molecular weight excluding hydrogens is 262 g/mol. The van der Waals surface area contributed by atoms with E-state index in [-0.39, 0.29) is 5.02 Å². The average molecular weight is 269 g/mol. The molecule has 0 N–H and O–H groups in total. The zero-order valence-corrected chi connectivity index (χ0v) is 9.37. The molecule has 0 radical (unpaired) electrons. The molecule has 0 bridgehead atoms. The molecule has 0 aliphatic carbocycles. The fourth-order valence-electron chi connectivity index (χ4n) is 0.899. The number of hydrogen-bond donors (Lipinski definition) is 0. The Morgan fingerprint density at radius 2 is 2.00 bits per heavy atom. The van der Waals surface area contributed by atoms with E-state index in [0.717, 1.165) is 0 Å². The summed E-state index contributed by atoms with van der Waals surface area (Å²) >= 11 is 8.74. The minimum absolute atomic E-state index is 0.0161. The van der Waals surface area contributed by atoms with Crippen LogP contribution < -0.4 is 9.47 Å². The van der Waals surface area contributed by atoms with Crippen LogP contribution in [0.5, 0.6) is 11.5 Å². The Morgan fingerprint density at radius 1 is 1.38 bits per heavy atom. The molecule has 0 fully saturated rings. The lowest BCUT2D eigenvalue weighted by Crippen LogP contribution is -1.93. The minimum Gasteiger partial charge on any atom is -0.493 e. The SMILES string of the molecule is COc1cc(F)c(Cl)c(Br)c1OC. The van der Waals surface area contributed by atoms with Gasteiger partial charge in [0.15, 0.2) is 11.5 Å². The molecule has 0 spiro atoms. The summed E-state index contributed by atoms with van der Waals surface area (Å²) in [5.41, 5.74) is 0. The van der Waals surface area contributed by atoms with Crippen LogP contribution >= 0.6 is 27.5 Å². The van der Waals surface area contributed by atoms with Crippen molar-refractivity contribution in [2.75, 3.05) is 14.2 Å². The number of halogens is 3. The fraction of sp³-hybridized carbons (Fsp3) is 0.250. The van der Waals surface area contributed by atoms with Crippen molar-refractivity contribution in [1.82, 2.24) is 0 Å². The van der Waals surface area contributed by atoms with Crippen molar-refractivity contribution >= 4 is 27.5 Å². The normalized spacial score (nSPS) is 9.92. The smallest absolute Gasteiger partial charge is 0.176 e. The van der Waals surface area contributed by atoms with Crippen molar-refractivity contribution in [3.05, 3.63) is 21.4 Å². The Balaban J connectivity index is 3.39. The molecule has 0 heterocycles. The second kappa shape index (κ2) is 4.15. The fourth-order valence-corrected chi connectivity index (χ4v) is 1.59. The van der Waals surface area contributed by atoms with Gasteiger partial charge in [-0.2, -0.15) is 0 Å². The summed E-state index contributed by atoms with van der Waals surface area (Å²) in [4.78, 5) is 0. The topological polar surface area (TPSA) is 18.5 Å². The maximum Gasteiger partial charge on any atom is 0.176 e. The molecule has 1 rings (SSSR count). The van der Waals surface area contributed by atoms with E-state index in [1.165, 1.54) is 20.3 Å². The lowest BCUT2D eigenvalue weighted by atomic mass is 10.3. The van der Waals surface area contributed by atoms with Gasteiger partial charge in [0.2, 0.25) is 0 Å². The summed E-state index contributed by atoms with van der Waals surface area (Å²) in [5.74, 6) is 0.136. The third kappa shape index (κ3) is 1.89. The molecule has 2 nitrogen and oxygen atoms in total. The number of rotatable bonds is 2. The zero-order valence-electron chi connectivity index (χ0n) is 7.03. The summed E-state index contributed by atoms with van der Waals surface area (Å²) in [6.07, 6.45) is 0. The first kappa shape index (κ1) is 10.6. The molecule has 1 aromatic rings. The van der Waals surface area contributed by atoms with Gasteiger partial charge in [-0.1, -0.05) is 11.6 Å². The van der Waals surface area contributed by atoms with Crippen molar-refractivity contribution in [2.45, 2.75) is 0 Å². The highest BCUT2D eigenvalue weighted by Gasteiger charge is 2.16. The van der Waals surface area contributed by atoms with Gasteiger partial charge in [-0.25, -0.2) is 4.39 Å². The van der Waals surface area contributed by atoms with E-state index in [9.17, 15) is 4.39 Å². The predicted octanol–water partition coefficient (Wildman–Crippen LogP) is 3.26. The Kier molecular flexibility index (Phi) is 3.39. The minimum atomic E-state index is -0.550. The first-order chi connectivity index (χ1) is 6.11. The van der Waals surface area contributed by atoms with E-state index >= 15 is 0 Å². The number of methoxy groups -OCH3 is 2. The van der Waals surface area contributed by atoms with Crippen molar-refractivity contribution < 1.29 is 13.9 Å². The molecule has 5 heteroatoms. The van der Waals surface area contributed by atoms with Crippen LogP contribution in [0.25, 0.3) is 0 Å². The van der Waals surface area contributed by atoms with Crippen LogP contribution in [0, 0.1) is 5.82 Å². The standard InChI is InChI=1S/C8H7BrClFO2/c1-12-5-3-4(11)7(10)6(9)8(5)13-2/h3H,1-2H3. The average Bonchev–Trinajstić information content (AvgIpc) is 2.13. The van der Waals surface area contributed by atoms with Gasteiger partial charge in [-0.15, -0.1) is 0 Å². The molecule has 72 valence electrons. The summed E-state index contributed by atoms with van der Waals surface area (Å²) in [5, 5.41) is -0.0161. The van der Waals surface area contributed by atoms with Crippen LogP contribution in [-0.2, 0) is 0 Å². The van der Waals surface area contributed by atoms with Crippen LogP contribution in [-0.4, -0.2) is 14.2 Å². The zero-order chi connectivity index (χ0) is 10.0. The molecule has 0 saturated carbocycles. The molecule has 0 aliphatic heterocycles. The Morgan fingerprint density at radius 3 is 2.46 bits per heavy atom. The molecule has 0 saturated heterocycles. The highest BCUT2D eigenvalue weighted by molar-refractivity contribution is 9.10. The van der Waals surface area contributed by atoms with Gasteiger partial charge in [-0.05, 0) is 15.9 Å². The molecule has 0 aromatic heterocycles.